The average molecular weight is 346 g/mol. The number of benzene rings is 1. The maximum Gasteiger partial charge on any atom is 0.266 e. The number of aryl methyl sites for hydroxylation is 4. The third-order valence-electron chi connectivity index (χ3n) is 3.72. The number of rotatable bonds is 2. The van der Waals surface area contributed by atoms with Crippen LogP contribution in [0.15, 0.2) is 18.2 Å². The Morgan fingerprint density at radius 3 is 2.61 bits per heavy atom. The molecule has 3 aromatic rings. The normalized spacial score (nSPS) is 11.0. The van der Waals surface area contributed by atoms with Crippen LogP contribution in [-0.4, -0.2) is 15.9 Å². The summed E-state index contributed by atoms with van der Waals surface area (Å²) in [5, 5.41) is 4.50. The molecular formula is C17H16ClN3OS. The Hall–Kier alpha value is -1.98. The summed E-state index contributed by atoms with van der Waals surface area (Å²) in [6.45, 7) is 7.66. The van der Waals surface area contributed by atoms with E-state index in [0.717, 1.165) is 27.0 Å². The van der Waals surface area contributed by atoms with Crippen LogP contribution >= 0.6 is 22.9 Å². The van der Waals surface area contributed by atoms with E-state index >= 15 is 0 Å². The zero-order chi connectivity index (χ0) is 16.7. The van der Waals surface area contributed by atoms with Gasteiger partial charge in [0, 0.05) is 21.8 Å². The molecule has 0 saturated carbocycles. The van der Waals surface area contributed by atoms with E-state index in [-0.39, 0.29) is 5.91 Å². The predicted octanol–water partition coefficient (Wildman–Crippen LogP) is 4.83. The lowest BCUT2D eigenvalue weighted by Crippen LogP contribution is -2.11. The van der Waals surface area contributed by atoms with Gasteiger partial charge in [-0.2, -0.15) is 0 Å². The maximum absolute atomic E-state index is 12.6. The lowest BCUT2D eigenvalue weighted by atomic mass is 10.1. The Bertz CT molecular complexity index is 933. The summed E-state index contributed by atoms with van der Waals surface area (Å²) in [4.78, 5) is 22.9. The molecule has 0 bridgehead atoms. The fourth-order valence-corrected chi connectivity index (χ4v) is 3.90. The van der Waals surface area contributed by atoms with Crippen molar-refractivity contribution in [3.05, 3.63) is 50.7 Å². The molecule has 118 valence electrons. The monoisotopic (exact) mass is 345 g/mol. The van der Waals surface area contributed by atoms with Crippen LogP contribution in [0.5, 0.6) is 0 Å². The van der Waals surface area contributed by atoms with E-state index < -0.39 is 0 Å². The number of fused-ring (bicyclic) bond motifs is 1. The minimum absolute atomic E-state index is 0.150. The van der Waals surface area contributed by atoms with Crippen molar-refractivity contribution < 1.29 is 4.79 Å². The molecular weight excluding hydrogens is 330 g/mol. The second kappa shape index (κ2) is 5.91. The molecule has 0 saturated heterocycles. The molecule has 0 radical (unpaired) electrons. The second-order valence-corrected chi connectivity index (χ2v) is 6.92. The number of hydrogen-bond donors (Lipinski definition) is 1. The highest BCUT2D eigenvalue weighted by Gasteiger charge is 2.19. The van der Waals surface area contributed by atoms with Gasteiger partial charge in [0.1, 0.15) is 10.7 Å². The van der Waals surface area contributed by atoms with Gasteiger partial charge in [-0.3, -0.25) is 4.79 Å². The van der Waals surface area contributed by atoms with Crippen molar-refractivity contribution in [3.8, 4) is 0 Å². The number of carbonyl (C=O) groups is 1. The van der Waals surface area contributed by atoms with Gasteiger partial charge < -0.3 is 5.32 Å². The van der Waals surface area contributed by atoms with Gasteiger partial charge in [-0.15, -0.1) is 11.3 Å². The topological polar surface area (TPSA) is 54.9 Å². The summed E-state index contributed by atoms with van der Waals surface area (Å²) < 4.78 is 0. The van der Waals surface area contributed by atoms with E-state index in [4.69, 9.17) is 11.6 Å². The van der Waals surface area contributed by atoms with E-state index in [1.54, 1.807) is 6.07 Å². The van der Waals surface area contributed by atoms with Crippen molar-refractivity contribution >= 4 is 44.7 Å². The molecule has 4 nitrogen and oxygen atoms in total. The van der Waals surface area contributed by atoms with Crippen molar-refractivity contribution in [1.82, 2.24) is 9.97 Å². The molecule has 2 heterocycles. The zero-order valence-corrected chi connectivity index (χ0v) is 14.9. The maximum atomic E-state index is 12.6. The van der Waals surface area contributed by atoms with Gasteiger partial charge in [0.15, 0.2) is 0 Å². The standard InChI is InChI=1S/C17H16ClN3OS/c1-8-5-6-12(7-13(8)18)21-16(22)15-9(2)14-10(3)19-11(4)20-17(14)23-15/h5-7H,1-4H3,(H,21,22). The van der Waals surface area contributed by atoms with Gasteiger partial charge in [0.25, 0.3) is 5.91 Å². The number of nitrogens with one attached hydrogen (secondary N) is 1. The first kappa shape index (κ1) is 15.9. The molecule has 1 N–H and O–H groups in total. The number of hydrogen-bond acceptors (Lipinski definition) is 4. The van der Waals surface area contributed by atoms with E-state index in [2.05, 4.69) is 15.3 Å². The van der Waals surface area contributed by atoms with Crippen LogP contribution in [0.3, 0.4) is 0 Å². The first-order chi connectivity index (χ1) is 10.9. The molecule has 3 rings (SSSR count). The van der Waals surface area contributed by atoms with Crippen LogP contribution in [0.4, 0.5) is 5.69 Å². The Labute approximate surface area is 143 Å². The number of amides is 1. The van der Waals surface area contributed by atoms with E-state index in [0.29, 0.717) is 21.4 Å². The number of halogens is 1. The summed E-state index contributed by atoms with van der Waals surface area (Å²) in [6.07, 6.45) is 0. The van der Waals surface area contributed by atoms with Gasteiger partial charge in [-0.1, -0.05) is 17.7 Å². The van der Waals surface area contributed by atoms with Crippen molar-refractivity contribution in [3.63, 3.8) is 0 Å². The van der Waals surface area contributed by atoms with Gasteiger partial charge >= 0.3 is 0 Å². The molecule has 0 spiro atoms. The van der Waals surface area contributed by atoms with Crippen LogP contribution in [-0.2, 0) is 0 Å². The lowest BCUT2D eigenvalue weighted by molar-refractivity contribution is 0.103. The second-order valence-electron chi connectivity index (χ2n) is 5.51. The summed E-state index contributed by atoms with van der Waals surface area (Å²) in [7, 11) is 0. The first-order valence-electron chi connectivity index (χ1n) is 7.18. The van der Waals surface area contributed by atoms with Crippen LogP contribution in [0.2, 0.25) is 5.02 Å². The van der Waals surface area contributed by atoms with E-state index in [1.807, 2.05) is 39.8 Å². The van der Waals surface area contributed by atoms with Crippen molar-refractivity contribution in [2.24, 2.45) is 0 Å². The molecule has 0 unspecified atom stereocenters. The SMILES string of the molecule is Cc1nc(C)c2c(C)c(C(=O)Nc3ccc(C)c(Cl)c3)sc2n1. The van der Waals surface area contributed by atoms with Gasteiger partial charge in [0.2, 0.25) is 0 Å². The van der Waals surface area contributed by atoms with Crippen LogP contribution in [0, 0.1) is 27.7 Å². The molecule has 0 atom stereocenters. The molecule has 0 aliphatic carbocycles. The Morgan fingerprint density at radius 2 is 1.91 bits per heavy atom. The molecule has 2 aromatic heterocycles. The summed E-state index contributed by atoms with van der Waals surface area (Å²) >= 11 is 7.50. The summed E-state index contributed by atoms with van der Waals surface area (Å²) in [5.41, 5.74) is 3.47. The number of aromatic nitrogens is 2. The number of nitrogens with zero attached hydrogens (tertiary/aromatic N) is 2. The Balaban J connectivity index is 1.99. The predicted molar refractivity (Wildman–Crippen MR) is 95.8 cm³/mol. The third-order valence-corrected chi connectivity index (χ3v) is 5.31. The molecule has 1 aromatic carbocycles. The average Bonchev–Trinajstić information content (AvgIpc) is 2.80. The van der Waals surface area contributed by atoms with Gasteiger partial charge in [-0.25, -0.2) is 9.97 Å². The lowest BCUT2D eigenvalue weighted by Gasteiger charge is -2.06. The van der Waals surface area contributed by atoms with Crippen molar-refractivity contribution in [2.75, 3.05) is 5.32 Å². The highest BCUT2D eigenvalue weighted by atomic mass is 35.5. The van der Waals surface area contributed by atoms with E-state index in [1.165, 1.54) is 11.3 Å². The van der Waals surface area contributed by atoms with Crippen molar-refractivity contribution in [2.45, 2.75) is 27.7 Å². The fourth-order valence-electron chi connectivity index (χ4n) is 2.55. The molecule has 1 amide bonds. The highest BCUT2D eigenvalue weighted by molar-refractivity contribution is 7.20. The van der Waals surface area contributed by atoms with Gasteiger partial charge in [0.05, 0.1) is 4.88 Å². The molecule has 23 heavy (non-hydrogen) atoms. The molecule has 6 heteroatoms. The van der Waals surface area contributed by atoms with Crippen LogP contribution in [0.1, 0.15) is 32.3 Å². The Morgan fingerprint density at radius 1 is 1.17 bits per heavy atom. The summed E-state index contributed by atoms with van der Waals surface area (Å²) in [6, 6.07) is 5.48. The van der Waals surface area contributed by atoms with E-state index in [9.17, 15) is 4.79 Å². The quantitative estimate of drug-likeness (QED) is 0.723. The van der Waals surface area contributed by atoms with Crippen LogP contribution < -0.4 is 5.32 Å². The minimum Gasteiger partial charge on any atom is -0.321 e. The molecule has 0 aliphatic heterocycles. The summed E-state index contributed by atoms with van der Waals surface area (Å²) in [5.74, 6) is 0.566. The smallest absolute Gasteiger partial charge is 0.266 e. The minimum atomic E-state index is -0.150. The van der Waals surface area contributed by atoms with Gasteiger partial charge in [-0.05, 0) is 51.0 Å². The largest absolute Gasteiger partial charge is 0.321 e. The number of carbonyl (C=O) groups excluding carboxylic acids is 1. The zero-order valence-electron chi connectivity index (χ0n) is 13.3. The number of thiophene rings is 1. The molecule has 0 fully saturated rings. The first-order valence-corrected chi connectivity index (χ1v) is 8.38. The Kier molecular flexibility index (Phi) is 4.08. The fraction of sp³-hybridized carbons (Fsp3) is 0.235. The van der Waals surface area contributed by atoms with Crippen molar-refractivity contribution in [1.29, 1.82) is 0 Å². The molecule has 0 aliphatic rings. The highest BCUT2D eigenvalue weighted by Crippen LogP contribution is 2.32. The van der Waals surface area contributed by atoms with Crippen LogP contribution in [0.25, 0.3) is 10.2 Å². The third kappa shape index (κ3) is 2.94. The number of anilines is 1.